The minimum absolute atomic E-state index is 0.102. The Bertz CT molecular complexity index is 558. The van der Waals surface area contributed by atoms with Crippen LogP contribution in [0.3, 0.4) is 0 Å². The molecule has 4 N–H and O–H groups in total. The molecule has 1 unspecified atom stereocenters. The molecule has 0 amide bonds. The molecule has 0 spiro atoms. The van der Waals surface area contributed by atoms with Crippen molar-refractivity contribution in [1.29, 1.82) is 0 Å². The molecule has 0 bridgehead atoms. The number of hydrogen-bond donors (Lipinski definition) is 2. The molecule has 4 nitrogen and oxygen atoms in total. The van der Waals surface area contributed by atoms with Crippen molar-refractivity contribution < 1.29 is 4.39 Å². The van der Waals surface area contributed by atoms with Gasteiger partial charge in [0, 0.05) is 12.5 Å². The molecule has 0 saturated carbocycles. The fourth-order valence-electron chi connectivity index (χ4n) is 2.00. The second-order valence-electron chi connectivity index (χ2n) is 4.83. The van der Waals surface area contributed by atoms with E-state index in [-0.39, 0.29) is 17.9 Å². The number of hydrogen-bond acceptors (Lipinski definition) is 5. The van der Waals surface area contributed by atoms with E-state index in [0.717, 1.165) is 23.4 Å². The van der Waals surface area contributed by atoms with E-state index in [1.54, 1.807) is 6.07 Å². The maximum atomic E-state index is 13.1. The lowest BCUT2D eigenvalue weighted by Gasteiger charge is -2.15. The Morgan fingerprint density at radius 2 is 2.15 bits per heavy atom. The van der Waals surface area contributed by atoms with Crippen molar-refractivity contribution in [1.82, 2.24) is 9.36 Å². The minimum atomic E-state index is -0.284. The first kappa shape index (κ1) is 15.0. The predicted molar refractivity (Wildman–Crippen MR) is 78.9 cm³/mol. The van der Waals surface area contributed by atoms with Gasteiger partial charge in [0.2, 0.25) is 0 Å². The van der Waals surface area contributed by atoms with Gasteiger partial charge in [0.25, 0.3) is 0 Å². The van der Waals surface area contributed by atoms with Crippen LogP contribution in [-0.2, 0) is 6.42 Å². The molecule has 2 rings (SSSR count). The first-order valence-electron chi connectivity index (χ1n) is 6.68. The third kappa shape index (κ3) is 3.82. The maximum absolute atomic E-state index is 13.1. The Hall–Kier alpha value is -1.37. The molecule has 0 radical (unpaired) electrons. The molecular weight excluding hydrogens is 275 g/mol. The third-order valence-corrected chi connectivity index (χ3v) is 3.96. The van der Waals surface area contributed by atoms with Crippen LogP contribution >= 0.6 is 11.5 Å². The summed E-state index contributed by atoms with van der Waals surface area (Å²) in [4.78, 5) is 4.42. The molecule has 1 aromatic carbocycles. The zero-order valence-corrected chi connectivity index (χ0v) is 12.2. The monoisotopic (exact) mass is 294 g/mol. The highest BCUT2D eigenvalue weighted by Gasteiger charge is 2.19. The van der Waals surface area contributed by atoms with Gasteiger partial charge in [-0.25, -0.2) is 9.37 Å². The third-order valence-electron chi connectivity index (χ3n) is 3.10. The molecule has 0 aliphatic carbocycles. The molecule has 108 valence electrons. The van der Waals surface area contributed by atoms with E-state index >= 15 is 0 Å². The first-order valence-corrected chi connectivity index (χ1v) is 7.45. The Balaban J connectivity index is 2.05. The summed E-state index contributed by atoms with van der Waals surface area (Å²) in [6.07, 6.45) is 2.35. The molecule has 2 aromatic rings. The van der Waals surface area contributed by atoms with Gasteiger partial charge < -0.3 is 11.5 Å². The number of nitrogens with zero attached hydrogens (tertiary/aromatic N) is 2. The zero-order chi connectivity index (χ0) is 14.5. The molecule has 0 aliphatic heterocycles. The van der Waals surface area contributed by atoms with Crippen LogP contribution in [0, 0.1) is 5.82 Å². The number of aromatic nitrogens is 2. The first-order chi connectivity index (χ1) is 9.60. The smallest absolute Gasteiger partial charge is 0.147 e. The summed E-state index contributed by atoms with van der Waals surface area (Å²) in [5, 5.41) is 0.748. The average Bonchev–Trinajstić information content (AvgIpc) is 2.86. The Kier molecular flexibility index (Phi) is 5.17. The molecule has 1 heterocycles. The number of rotatable bonds is 6. The lowest BCUT2D eigenvalue weighted by Crippen LogP contribution is -2.33. The molecule has 6 heteroatoms. The lowest BCUT2D eigenvalue weighted by atomic mass is 10.1. The van der Waals surface area contributed by atoms with Gasteiger partial charge in [-0.2, -0.15) is 4.37 Å². The van der Waals surface area contributed by atoms with Gasteiger partial charge in [0.05, 0.1) is 6.04 Å². The van der Waals surface area contributed by atoms with Gasteiger partial charge >= 0.3 is 0 Å². The van der Waals surface area contributed by atoms with Crippen molar-refractivity contribution in [2.75, 3.05) is 0 Å². The summed E-state index contributed by atoms with van der Waals surface area (Å²) in [7, 11) is 0. The topological polar surface area (TPSA) is 77.8 Å². The summed E-state index contributed by atoms with van der Waals surface area (Å²) < 4.78 is 17.4. The Morgan fingerprint density at radius 1 is 1.35 bits per heavy atom. The summed E-state index contributed by atoms with van der Waals surface area (Å²) in [6, 6.07) is 6.06. The van der Waals surface area contributed by atoms with Gasteiger partial charge in [-0.3, -0.25) is 0 Å². The SMILES string of the molecule is CCCC(N)[C@@H](N)c1nc(Cc2cccc(F)c2)ns1. The van der Waals surface area contributed by atoms with Crippen molar-refractivity contribution in [3.05, 3.63) is 46.5 Å². The van der Waals surface area contributed by atoms with Crippen LogP contribution in [0.5, 0.6) is 0 Å². The summed E-state index contributed by atoms with van der Waals surface area (Å²) in [5.41, 5.74) is 12.9. The van der Waals surface area contributed by atoms with Gasteiger partial charge in [-0.15, -0.1) is 0 Å². The van der Waals surface area contributed by atoms with E-state index in [1.165, 1.54) is 23.7 Å². The van der Waals surface area contributed by atoms with Gasteiger partial charge in [-0.1, -0.05) is 25.5 Å². The van der Waals surface area contributed by atoms with E-state index in [0.29, 0.717) is 12.2 Å². The highest BCUT2D eigenvalue weighted by Crippen LogP contribution is 2.19. The van der Waals surface area contributed by atoms with E-state index in [4.69, 9.17) is 11.5 Å². The summed E-state index contributed by atoms with van der Waals surface area (Å²) >= 11 is 1.28. The van der Waals surface area contributed by atoms with E-state index in [2.05, 4.69) is 16.3 Å². The average molecular weight is 294 g/mol. The second-order valence-corrected chi connectivity index (χ2v) is 5.62. The van der Waals surface area contributed by atoms with Crippen LogP contribution < -0.4 is 11.5 Å². The van der Waals surface area contributed by atoms with E-state index in [1.807, 2.05) is 6.07 Å². The van der Waals surface area contributed by atoms with Crippen molar-refractivity contribution in [3.8, 4) is 0 Å². The fourth-order valence-corrected chi connectivity index (χ4v) is 2.75. The zero-order valence-electron chi connectivity index (χ0n) is 11.4. The van der Waals surface area contributed by atoms with Crippen LogP contribution in [0.1, 0.15) is 42.2 Å². The van der Waals surface area contributed by atoms with Crippen molar-refractivity contribution in [3.63, 3.8) is 0 Å². The molecule has 0 saturated heterocycles. The normalized spacial score (nSPS) is 14.2. The van der Waals surface area contributed by atoms with Crippen LogP contribution in [0.15, 0.2) is 24.3 Å². The van der Waals surface area contributed by atoms with Crippen LogP contribution in [0.25, 0.3) is 0 Å². The van der Waals surface area contributed by atoms with E-state index < -0.39 is 0 Å². The van der Waals surface area contributed by atoms with Crippen molar-refractivity contribution in [2.45, 2.75) is 38.3 Å². The number of halogens is 1. The minimum Gasteiger partial charge on any atom is -0.326 e. The second kappa shape index (κ2) is 6.88. The molecule has 1 aromatic heterocycles. The van der Waals surface area contributed by atoms with Crippen LogP contribution in [0.2, 0.25) is 0 Å². The highest BCUT2D eigenvalue weighted by molar-refractivity contribution is 7.05. The predicted octanol–water partition coefficient (Wildman–Crippen LogP) is 2.40. The van der Waals surface area contributed by atoms with Gasteiger partial charge in [-0.05, 0) is 35.6 Å². The van der Waals surface area contributed by atoms with Crippen molar-refractivity contribution in [2.24, 2.45) is 11.5 Å². The standard InChI is InChI=1S/C14H19FN4S/c1-2-4-11(16)13(17)14-18-12(19-20-14)8-9-5-3-6-10(15)7-9/h3,5-7,11,13H,2,4,8,16-17H2,1H3/t11?,13-/m1/s1. The Labute approximate surface area is 122 Å². The maximum Gasteiger partial charge on any atom is 0.147 e. The number of nitrogens with two attached hydrogens (primary N) is 2. The molecular formula is C14H19FN4S. The molecule has 20 heavy (non-hydrogen) atoms. The number of benzene rings is 1. The fraction of sp³-hybridized carbons (Fsp3) is 0.429. The quantitative estimate of drug-likeness (QED) is 0.857. The summed E-state index contributed by atoms with van der Waals surface area (Å²) in [5.74, 6) is 0.411. The highest BCUT2D eigenvalue weighted by atomic mass is 32.1. The van der Waals surface area contributed by atoms with Crippen molar-refractivity contribution >= 4 is 11.5 Å². The summed E-state index contributed by atoms with van der Waals surface area (Å²) in [6.45, 7) is 2.07. The van der Waals surface area contributed by atoms with Gasteiger partial charge in [0.1, 0.15) is 16.6 Å². The van der Waals surface area contributed by atoms with Crippen LogP contribution in [0.4, 0.5) is 4.39 Å². The van der Waals surface area contributed by atoms with Gasteiger partial charge in [0.15, 0.2) is 0 Å². The molecule has 0 aliphatic rings. The lowest BCUT2D eigenvalue weighted by molar-refractivity contribution is 0.504. The largest absolute Gasteiger partial charge is 0.326 e. The Morgan fingerprint density at radius 3 is 2.85 bits per heavy atom. The molecule has 0 fully saturated rings. The molecule has 2 atom stereocenters. The van der Waals surface area contributed by atoms with E-state index in [9.17, 15) is 4.39 Å². The van der Waals surface area contributed by atoms with Crippen LogP contribution in [-0.4, -0.2) is 15.4 Å².